The zero-order valence-corrected chi connectivity index (χ0v) is 10.2. The molecule has 0 saturated carbocycles. The Kier molecular flexibility index (Phi) is 4.69. The van der Waals surface area contributed by atoms with Crippen molar-refractivity contribution in [3.63, 3.8) is 0 Å². The molecule has 0 heterocycles. The molecule has 0 aliphatic heterocycles. The van der Waals surface area contributed by atoms with Crippen LogP contribution in [0.25, 0.3) is 0 Å². The zero-order valence-electron chi connectivity index (χ0n) is 9.41. The molecule has 0 aromatic heterocycles. The third-order valence-electron chi connectivity index (χ3n) is 2.30. The van der Waals surface area contributed by atoms with E-state index in [0.29, 0.717) is 5.25 Å². The first-order valence-corrected chi connectivity index (χ1v) is 6.04. The van der Waals surface area contributed by atoms with Crippen molar-refractivity contribution in [3.05, 3.63) is 29.8 Å². The lowest BCUT2D eigenvalue weighted by Gasteiger charge is -2.10. The number of carbonyl (C=O) groups is 1. The topological polar surface area (TPSA) is 29.1 Å². The highest BCUT2D eigenvalue weighted by molar-refractivity contribution is 8.14. The van der Waals surface area contributed by atoms with Crippen LogP contribution in [0.2, 0.25) is 0 Å². The quantitative estimate of drug-likeness (QED) is 0.848. The largest absolute Gasteiger partial charge is 0.388 e. The van der Waals surface area contributed by atoms with E-state index < -0.39 is 0 Å². The summed E-state index contributed by atoms with van der Waals surface area (Å²) in [5.41, 5.74) is 1.67. The van der Waals surface area contributed by atoms with Gasteiger partial charge in [0.1, 0.15) is 0 Å². The molecule has 15 heavy (non-hydrogen) atoms. The normalized spacial score (nSPS) is 12.2. The Morgan fingerprint density at radius 1 is 1.47 bits per heavy atom. The van der Waals surface area contributed by atoms with Gasteiger partial charge in [0.2, 0.25) is 5.12 Å². The number of rotatable bonds is 4. The summed E-state index contributed by atoms with van der Waals surface area (Å²) in [7, 11) is 1.83. The van der Waals surface area contributed by atoms with Gasteiger partial charge in [0, 0.05) is 18.0 Å². The Hall–Kier alpha value is -0.960. The summed E-state index contributed by atoms with van der Waals surface area (Å²) in [5.74, 6) is 0. The van der Waals surface area contributed by atoms with Crippen molar-refractivity contribution in [2.24, 2.45) is 0 Å². The van der Waals surface area contributed by atoms with Crippen molar-refractivity contribution in [2.45, 2.75) is 25.5 Å². The fraction of sp³-hybridized carbons (Fsp3) is 0.417. The van der Waals surface area contributed by atoms with E-state index in [1.807, 2.05) is 31.3 Å². The molecule has 0 amide bonds. The van der Waals surface area contributed by atoms with Crippen molar-refractivity contribution in [3.8, 4) is 0 Å². The van der Waals surface area contributed by atoms with Crippen LogP contribution < -0.4 is 5.32 Å². The second-order valence-electron chi connectivity index (χ2n) is 3.42. The highest BCUT2D eigenvalue weighted by Crippen LogP contribution is 2.24. The maximum atomic E-state index is 11.9. The number of hydrogen-bond acceptors (Lipinski definition) is 3. The van der Waals surface area contributed by atoms with E-state index in [-0.39, 0.29) is 5.12 Å². The third-order valence-corrected chi connectivity index (χ3v) is 3.47. The van der Waals surface area contributed by atoms with Crippen molar-refractivity contribution >= 4 is 22.6 Å². The Morgan fingerprint density at radius 3 is 2.73 bits per heavy atom. The summed E-state index contributed by atoms with van der Waals surface area (Å²) in [6, 6.07) is 7.61. The molecule has 1 N–H and O–H groups in total. The molecular weight excluding hydrogens is 206 g/mol. The van der Waals surface area contributed by atoms with Crippen LogP contribution in [0.15, 0.2) is 24.3 Å². The maximum Gasteiger partial charge on any atom is 0.221 e. The summed E-state index contributed by atoms with van der Waals surface area (Å²) in [4.78, 5) is 11.9. The van der Waals surface area contributed by atoms with Crippen molar-refractivity contribution in [2.75, 3.05) is 12.4 Å². The second kappa shape index (κ2) is 5.81. The first-order chi connectivity index (χ1) is 7.19. The third kappa shape index (κ3) is 3.27. The number of anilines is 1. The lowest BCUT2D eigenvalue weighted by Crippen LogP contribution is -2.04. The number of hydrogen-bond donors (Lipinski definition) is 1. The van der Waals surface area contributed by atoms with Gasteiger partial charge in [-0.2, -0.15) is 0 Å². The van der Waals surface area contributed by atoms with Gasteiger partial charge in [0.05, 0.1) is 5.56 Å². The molecule has 0 fully saturated rings. The molecule has 1 unspecified atom stereocenters. The predicted octanol–water partition coefficient (Wildman–Crippen LogP) is 3.40. The fourth-order valence-electron chi connectivity index (χ4n) is 1.21. The molecule has 0 radical (unpaired) electrons. The van der Waals surface area contributed by atoms with Gasteiger partial charge in [0.15, 0.2) is 0 Å². The summed E-state index contributed by atoms with van der Waals surface area (Å²) >= 11 is 1.40. The van der Waals surface area contributed by atoms with Crippen LogP contribution in [0.5, 0.6) is 0 Å². The Bertz CT molecular complexity index is 338. The van der Waals surface area contributed by atoms with Crippen LogP contribution in [0.1, 0.15) is 30.6 Å². The van der Waals surface area contributed by atoms with Gasteiger partial charge in [-0.15, -0.1) is 0 Å². The average molecular weight is 223 g/mol. The number of nitrogens with one attached hydrogen (secondary N) is 1. The second-order valence-corrected chi connectivity index (χ2v) is 4.83. The molecule has 1 aromatic rings. The van der Waals surface area contributed by atoms with Gasteiger partial charge >= 0.3 is 0 Å². The van der Waals surface area contributed by atoms with Gasteiger partial charge in [-0.05, 0) is 18.6 Å². The van der Waals surface area contributed by atoms with Gasteiger partial charge in [0.25, 0.3) is 0 Å². The van der Waals surface area contributed by atoms with Crippen LogP contribution in [-0.4, -0.2) is 17.4 Å². The lowest BCUT2D eigenvalue weighted by molar-refractivity contribution is 0.108. The van der Waals surface area contributed by atoms with Crippen molar-refractivity contribution in [1.82, 2.24) is 0 Å². The highest BCUT2D eigenvalue weighted by Gasteiger charge is 2.13. The summed E-state index contributed by atoms with van der Waals surface area (Å²) < 4.78 is 0. The number of para-hydroxylation sites is 1. The molecule has 1 aromatic carbocycles. The van der Waals surface area contributed by atoms with E-state index in [0.717, 1.165) is 17.7 Å². The van der Waals surface area contributed by atoms with E-state index in [1.165, 1.54) is 11.8 Å². The molecule has 0 spiro atoms. The monoisotopic (exact) mass is 223 g/mol. The lowest BCUT2D eigenvalue weighted by atomic mass is 10.2. The minimum atomic E-state index is 0.148. The number of carbonyl (C=O) groups excluding carboxylic acids is 1. The van der Waals surface area contributed by atoms with Crippen LogP contribution >= 0.6 is 11.8 Å². The smallest absolute Gasteiger partial charge is 0.221 e. The molecule has 0 aliphatic carbocycles. The maximum absolute atomic E-state index is 11.9. The van der Waals surface area contributed by atoms with Crippen molar-refractivity contribution < 1.29 is 4.79 Å². The van der Waals surface area contributed by atoms with Gasteiger partial charge in [-0.1, -0.05) is 37.7 Å². The number of benzene rings is 1. The fourth-order valence-corrected chi connectivity index (χ4v) is 2.05. The van der Waals surface area contributed by atoms with E-state index in [4.69, 9.17) is 0 Å². The molecule has 1 rings (SSSR count). The van der Waals surface area contributed by atoms with Gasteiger partial charge in [-0.3, -0.25) is 4.79 Å². The van der Waals surface area contributed by atoms with E-state index in [1.54, 1.807) is 0 Å². The number of thioether (sulfide) groups is 1. The predicted molar refractivity (Wildman–Crippen MR) is 67.7 cm³/mol. The molecule has 82 valence electrons. The SMILES string of the molecule is CCC(C)SC(=O)c1ccccc1NC. The standard InChI is InChI=1S/C12H17NOS/c1-4-9(2)15-12(14)10-7-5-6-8-11(10)13-3/h5-9,13H,4H2,1-3H3. The van der Waals surface area contributed by atoms with E-state index in [2.05, 4.69) is 19.2 Å². The van der Waals surface area contributed by atoms with Crippen LogP contribution in [0.3, 0.4) is 0 Å². The summed E-state index contributed by atoms with van der Waals surface area (Å²) in [6.07, 6.45) is 1.01. The molecule has 2 nitrogen and oxygen atoms in total. The minimum absolute atomic E-state index is 0.148. The molecule has 0 bridgehead atoms. The van der Waals surface area contributed by atoms with Crippen LogP contribution in [0, 0.1) is 0 Å². The first kappa shape index (κ1) is 12.1. The first-order valence-electron chi connectivity index (χ1n) is 5.16. The Balaban J connectivity index is 2.81. The van der Waals surface area contributed by atoms with E-state index >= 15 is 0 Å². The van der Waals surface area contributed by atoms with Gasteiger partial charge in [-0.25, -0.2) is 0 Å². The minimum Gasteiger partial charge on any atom is -0.388 e. The van der Waals surface area contributed by atoms with Gasteiger partial charge < -0.3 is 5.32 Å². The average Bonchev–Trinajstić information content (AvgIpc) is 2.28. The highest BCUT2D eigenvalue weighted by atomic mass is 32.2. The Labute approximate surface area is 95.5 Å². The van der Waals surface area contributed by atoms with Crippen LogP contribution in [0.4, 0.5) is 5.69 Å². The molecule has 1 atom stereocenters. The van der Waals surface area contributed by atoms with E-state index in [9.17, 15) is 4.79 Å². The zero-order chi connectivity index (χ0) is 11.3. The summed E-state index contributed by atoms with van der Waals surface area (Å²) in [6.45, 7) is 4.17. The van der Waals surface area contributed by atoms with Crippen LogP contribution in [-0.2, 0) is 0 Å². The molecule has 0 saturated heterocycles. The molecule has 3 heteroatoms. The Morgan fingerprint density at radius 2 is 2.13 bits per heavy atom. The summed E-state index contributed by atoms with van der Waals surface area (Å²) in [5, 5.41) is 3.56. The molecular formula is C12H17NOS. The van der Waals surface area contributed by atoms with Crippen molar-refractivity contribution in [1.29, 1.82) is 0 Å². The molecule has 0 aliphatic rings.